The zero-order valence-electron chi connectivity index (χ0n) is 14.5. The number of methoxy groups -OCH3 is 1. The van der Waals surface area contributed by atoms with Crippen LogP contribution in [0.4, 0.5) is 0 Å². The highest BCUT2D eigenvalue weighted by molar-refractivity contribution is 5.96. The number of carbonyl (C=O) groups excluding carboxylic acids is 1. The second-order valence-electron chi connectivity index (χ2n) is 6.29. The summed E-state index contributed by atoms with van der Waals surface area (Å²) in [5.74, 6) is 0.585. The first-order valence-electron chi connectivity index (χ1n) is 8.06. The van der Waals surface area contributed by atoms with Crippen molar-refractivity contribution in [3.63, 3.8) is 0 Å². The van der Waals surface area contributed by atoms with Gasteiger partial charge in [0.2, 0.25) is 0 Å². The third-order valence-corrected chi connectivity index (χ3v) is 4.84. The Labute approximate surface area is 141 Å². The lowest BCUT2D eigenvalue weighted by atomic mass is 9.93. The Hall–Kier alpha value is -2.56. The average Bonchev–Trinajstić information content (AvgIpc) is 2.52. The molecule has 1 saturated heterocycles. The molecule has 0 aliphatic carbocycles. The lowest BCUT2D eigenvalue weighted by molar-refractivity contribution is 0.0456. The molecule has 0 spiro atoms. The minimum atomic E-state index is -0.228. The number of aryl methyl sites for hydroxylation is 2. The number of hydrogen-bond donors (Lipinski definition) is 0. The number of benzene rings is 1. The van der Waals surface area contributed by atoms with Gasteiger partial charge in [0.1, 0.15) is 11.3 Å². The van der Waals surface area contributed by atoms with Gasteiger partial charge in [-0.2, -0.15) is 0 Å². The van der Waals surface area contributed by atoms with E-state index in [9.17, 15) is 9.59 Å². The van der Waals surface area contributed by atoms with Gasteiger partial charge in [-0.25, -0.2) is 0 Å². The molecule has 0 N–H and O–H groups in total. The zero-order valence-corrected chi connectivity index (χ0v) is 14.5. The Morgan fingerprint density at radius 1 is 1.25 bits per heavy atom. The normalized spacial score (nSPS) is 16.7. The van der Waals surface area contributed by atoms with Crippen molar-refractivity contribution in [1.82, 2.24) is 9.47 Å². The summed E-state index contributed by atoms with van der Waals surface area (Å²) in [6.45, 7) is 4.35. The quantitative estimate of drug-likeness (QED) is 0.871. The predicted molar refractivity (Wildman–Crippen MR) is 92.5 cm³/mol. The molecule has 3 rings (SSSR count). The molecule has 1 aliphatic heterocycles. The van der Waals surface area contributed by atoms with Crippen molar-refractivity contribution < 1.29 is 9.53 Å². The van der Waals surface area contributed by atoms with Crippen LogP contribution >= 0.6 is 0 Å². The summed E-state index contributed by atoms with van der Waals surface area (Å²) in [6.07, 6.45) is 0.893. The van der Waals surface area contributed by atoms with Gasteiger partial charge in [-0.05, 0) is 49.6 Å². The molecular formula is C19H22N2O3. The smallest absolute Gasteiger partial charge is 0.263 e. The third kappa shape index (κ3) is 2.60. The molecule has 0 unspecified atom stereocenters. The molecule has 2 heterocycles. The summed E-state index contributed by atoms with van der Waals surface area (Å²) in [5, 5.41) is 0. The number of carbonyl (C=O) groups is 1. The maximum Gasteiger partial charge on any atom is 0.263 e. The highest BCUT2D eigenvalue weighted by atomic mass is 16.5. The number of ether oxygens (including phenoxy) is 1. The molecule has 0 radical (unpaired) electrons. The van der Waals surface area contributed by atoms with E-state index >= 15 is 0 Å². The Morgan fingerprint density at radius 3 is 2.62 bits per heavy atom. The molecule has 0 saturated carbocycles. The average molecular weight is 326 g/mol. The number of aromatic nitrogens is 1. The first kappa shape index (κ1) is 16.3. The van der Waals surface area contributed by atoms with E-state index in [4.69, 9.17) is 4.74 Å². The third-order valence-electron chi connectivity index (χ3n) is 4.84. The van der Waals surface area contributed by atoms with Crippen LogP contribution < -0.4 is 10.3 Å². The van der Waals surface area contributed by atoms with E-state index in [0.29, 0.717) is 6.54 Å². The van der Waals surface area contributed by atoms with Gasteiger partial charge in [0.15, 0.2) is 0 Å². The number of pyridine rings is 1. The van der Waals surface area contributed by atoms with Crippen LogP contribution in [-0.4, -0.2) is 29.0 Å². The van der Waals surface area contributed by atoms with Gasteiger partial charge >= 0.3 is 0 Å². The molecule has 0 bridgehead atoms. The first-order chi connectivity index (χ1) is 11.4. The largest absolute Gasteiger partial charge is 0.497 e. The fourth-order valence-corrected chi connectivity index (χ4v) is 3.21. The highest BCUT2D eigenvalue weighted by Crippen LogP contribution is 2.35. The molecule has 1 atom stereocenters. The summed E-state index contributed by atoms with van der Waals surface area (Å²) >= 11 is 0. The van der Waals surface area contributed by atoms with Crippen molar-refractivity contribution in [3.05, 3.63) is 63.1 Å². The number of likely N-dealkylation sites (tertiary alicyclic amines) is 1. The van der Waals surface area contributed by atoms with Crippen LogP contribution in [0.5, 0.6) is 5.75 Å². The molecule has 1 aromatic carbocycles. The maximum atomic E-state index is 13.0. The summed E-state index contributed by atoms with van der Waals surface area (Å²) < 4.78 is 6.79. The molecule has 5 heteroatoms. The van der Waals surface area contributed by atoms with Gasteiger partial charge in [0.05, 0.1) is 13.2 Å². The fourth-order valence-electron chi connectivity index (χ4n) is 3.21. The molecule has 1 aliphatic rings. The van der Waals surface area contributed by atoms with Crippen LogP contribution in [0.25, 0.3) is 0 Å². The van der Waals surface area contributed by atoms with Crippen LogP contribution in [0.3, 0.4) is 0 Å². The summed E-state index contributed by atoms with van der Waals surface area (Å²) in [4.78, 5) is 27.3. The Kier molecular flexibility index (Phi) is 4.18. The van der Waals surface area contributed by atoms with E-state index in [1.165, 1.54) is 4.57 Å². The van der Waals surface area contributed by atoms with Crippen molar-refractivity contribution in [3.8, 4) is 5.75 Å². The second-order valence-corrected chi connectivity index (χ2v) is 6.29. The van der Waals surface area contributed by atoms with Gasteiger partial charge in [-0.1, -0.05) is 12.1 Å². The molecule has 1 amide bonds. The van der Waals surface area contributed by atoms with E-state index in [1.54, 1.807) is 19.1 Å². The Morgan fingerprint density at radius 2 is 2.00 bits per heavy atom. The Balaban J connectivity index is 1.94. The van der Waals surface area contributed by atoms with Gasteiger partial charge < -0.3 is 14.2 Å². The molecule has 24 heavy (non-hydrogen) atoms. The first-order valence-corrected chi connectivity index (χ1v) is 8.06. The predicted octanol–water partition coefficient (Wildman–Crippen LogP) is 2.60. The van der Waals surface area contributed by atoms with E-state index in [0.717, 1.165) is 29.0 Å². The van der Waals surface area contributed by atoms with Crippen molar-refractivity contribution in [2.24, 2.45) is 7.05 Å². The van der Waals surface area contributed by atoms with E-state index in [-0.39, 0.29) is 23.1 Å². The summed E-state index contributed by atoms with van der Waals surface area (Å²) in [7, 11) is 3.33. The minimum absolute atomic E-state index is 0.00184. The minimum Gasteiger partial charge on any atom is -0.497 e. The van der Waals surface area contributed by atoms with Crippen LogP contribution in [0.15, 0.2) is 35.1 Å². The summed E-state index contributed by atoms with van der Waals surface area (Å²) in [6, 6.07) is 9.63. The van der Waals surface area contributed by atoms with Crippen molar-refractivity contribution in [1.29, 1.82) is 0 Å². The Bertz CT molecular complexity index is 854. The molecule has 2 aromatic rings. The van der Waals surface area contributed by atoms with E-state index in [1.807, 2.05) is 44.2 Å². The summed E-state index contributed by atoms with van der Waals surface area (Å²) in [5.41, 5.74) is 2.67. The van der Waals surface area contributed by atoms with Crippen LogP contribution in [0, 0.1) is 13.8 Å². The van der Waals surface area contributed by atoms with Crippen LogP contribution in [-0.2, 0) is 7.05 Å². The van der Waals surface area contributed by atoms with Gasteiger partial charge in [0.25, 0.3) is 11.5 Å². The molecule has 5 nitrogen and oxygen atoms in total. The van der Waals surface area contributed by atoms with E-state index in [2.05, 4.69) is 0 Å². The molecule has 1 aromatic heterocycles. The standard InChI is InChI=1S/C19H22N2O3/c1-12-10-13(2)20(3)18(22)17(12)19(23)21-9-8-16(21)14-6-5-7-15(11-14)24-4/h5-7,10-11,16H,8-9H2,1-4H3/t16-/m0/s1. The van der Waals surface area contributed by atoms with Crippen LogP contribution in [0.1, 0.15) is 39.6 Å². The number of amides is 1. The lowest BCUT2D eigenvalue weighted by Gasteiger charge is -2.41. The van der Waals surface area contributed by atoms with Gasteiger partial charge in [0, 0.05) is 19.3 Å². The van der Waals surface area contributed by atoms with Crippen LogP contribution in [0.2, 0.25) is 0 Å². The van der Waals surface area contributed by atoms with Gasteiger partial charge in [-0.15, -0.1) is 0 Å². The topological polar surface area (TPSA) is 51.5 Å². The van der Waals surface area contributed by atoms with Crippen molar-refractivity contribution >= 4 is 5.91 Å². The SMILES string of the molecule is COc1cccc([C@@H]2CCN2C(=O)c2c(C)cc(C)n(C)c2=O)c1. The highest BCUT2D eigenvalue weighted by Gasteiger charge is 2.35. The van der Waals surface area contributed by atoms with Gasteiger partial charge in [-0.3, -0.25) is 9.59 Å². The molecule has 1 fully saturated rings. The number of nitrogens with zero attached hydrogens (tertiary/aromatic N) is 2. The van der Waals surface area contributed by atoms with Crippen molar-refractivity contribution in [2.75, 3.05) is 13.7 Å². The number of hydrogen-bond acceptors (Lipinski definition) is 3. The second kappa shape index (κ2) is 6.15. The zero-order chi connectivity index (χ0) is 17.4. The van der Waals surface area contributed by atoms with E-state index < -0.39 is 0 Å². The molecular weight excluding hydrogens is 304 g/mol. The lowest BCUT2D eigenvalue weighted by Crippen LogP contribution is -2.47. The van der Waals surface area contributed by atoms with Crippen molar-refractivity contribution in [2.45, 2.75) is 26.3 Å². The maximum absolute atomic E-state index is 13.0. The monoisotopic (exact) mass is 326 g/mol. The number of rotatable bonds is 3. The molecule has 126 valence electrons. The fraction of sp³-hybridized carbons (Fsp3) is 0.368.